The first-order valence-corrected chi connectivity index (χ1v) is 29.2. The van der Waals surface area contributed by atoms with Crippen molar-refractivity contribution >= 4 is 128 Å². The molecule has 0 saturated heterocycles. The number of benzene rings is 11. The number of para-hydroxylation sites is 3. The van der Waals surface area contributed by atoms with Crippen LogP contribution in [0.3, 0.4) is 0 Å². The molecule has 7 heteroatoms. The summed E-state index contributed by atoms with van der Waals surface area (Å²) in [6.45, 7) is 13.3. The van der Waals surface area contributed by atoms with Gasteiger partial charge < -0.3 is 23.5 Å². The fourth-order valence-electron chi connectivity index (χ4n) is 11.5. The molecule has 0 fully saturated rings. The Morgan fingerprint density at radius 3 is 1.53 bits per heavy atom. The van der Waals surface area contributed by atoms with Crippen LogP contribution in [0.5, 0.6) is 0 Å². The maximum absolute atomic E-state index is 9.61. The lowest BCUT2D eigenvalue weighted by Gasteiger charge is -2.33. The maximum Gasteiger partial charge on any atom is 0.135 e. The molecule has 11 aromatic carbocycles. The van der Waals surface area contributed by atoms with Gasteiger partial charge in [-0.15, -0.1) is 11.3 Å². The summed E-state index contributed by atoms with van der Waals surface area (Å²) in [5, 5.41) is 7.13. The van der Waals surface area contributed by atoms with Crippen molar-refractivity contribution in [3.63, 3.8) is 0 Å². The molecule has 0 atom stereocenters. The zero-order valence-electron chi connectivity index (χ0n) is 51.8. The third-order valence-electron chi connectivity index (χ3n) is 15.8. The molecular weight excluding hydrogens is 1050 g/mol. The van der Waals surface area contributed by atoms with Crippen LogP contribution >= 0.6 is 22.9 Å². The molecule has 0 bridgehead atoms. The summed E-state index contributed by atoms with van der Waals surface area (Å²) >= 11 is 10.1. The number of furan rings is 2. The van der Waals surface area contributed by atoms with Crippen LogP contribution < -0.4 is 14.7 Å². The fourth-order valence-corrected chi connectivity index (χ4v) is 12.7. The van der Waals surface area contributed by atoms with Crippen LogP contribution in [-0.4, -0.2) is 0 Å². The molecule has 14 aromatic rings. The van der Waals surface area contributed by atoms with Crippen molar-refractivity contribution in [1.82, 2.24) is 0 Å². The second kappa shape index (κ2) is 20.6. The topological polar surface area (TPSA) is 36.0 Å². The van der Waals surface area contributed by atoms with E-state index in [0.717, 1.165) is 99.3 Å². The van der Waals surface area contributed by atoms with Crippen molar-refractivity contribution in [2.75, 3.05) is 14.7 Å². The fraction of sp³-hybridized carbons (Fsp3) is 0.105. The lowest BCUT2D eigenvalue weighted by molar-refractivity contribution is 0.590. The second-order valence-electron chi connectivity index (χ2n) is 23.2. The standard InChI is InChI=1S/C76H60ClN3O2S/c1-75(2,3)52-32-35-54(36-33-52)78(65-29-16-13-26-59(65)50-22-11-8-12-23-50)55-24-19-25-56(45-55)79(57-37-39-71-62(46-57)60-27-14-17-30-69(60)81-71)66-42-51(49-20-9-7-10-21-49)43-67(74(66)77)80(68-48-83-73-41-34-53(44-64(68)73)76(4,5)6)58-38-40-72-63(47-58)61-28-15-18-31-70(61)82-72/h7-48H,1-6H3/i7D,9D,10D,20D,21D. The van der Waals surface area contributed by atoms with E-state index < -0.39 is 18.1 Å². The number of thiophene rings is 1. The van der Waals surface area contributed by atoms with Gasteiger partial charge in [-0.05, 0) is 148 Å². The summed E-state index contributed by atoms with van der Waals surface area (Å²) in [6.07, 6.45) is 0. The number of nitrogens with zero attached hydrogens (tertiary/aromatic N) is 3. The molecule has 0 spiro atoms. The number of anilines is 9. The van der Waals surface area contributed by atoms with Gasteiger partial charge in [0.2, 0.25) is 0 Å². The van der Waals surface area contributed by atoms with Gasteiger partial charge in [0.1, 0.15) is 22.3 Å². The minimum Gasteiger partial charge on any atom is -0.456 e. The Hall–Kier alpha value is -9.33. The molecule has 0 saturated carbocycles. The number of hydrogen-bond acceptors (Lipinski definition) is 6. The summed E-state index contributed by atoms with van der Waals surface area (Å²) in [7, 11) is 0. The third kappa shape index (κ3) is 9.48. The number of halogens is 1. The number of hydrogen-bond donors (Lipinski definition) is 0. The summed E-state index contributed by atoms with van der Waals surface area (Å²) < 4.78 is 60.1. The highest BCUT2D eigenvalue weighted by Crippen LogP contribution is 2.53. The molecule has 14 rings (SSSR count). The first-order valence-electron chi connectivity index (χ1n) is 30.4. The van der Waals surface area contributed by atoms with Gasteiger partial charge in [-0.3, -0.25) is 0 Å². The van der Waals surface area contributed by atoms with E-state index in [1.165, 1.54) is 5.56 Å². The molecule has 0 unspecified atom stereocenters. The van der Waals surface area contributed by atoms with Crippen molar-refractivity contribution in [2.45, 2.75) is 52.4 Å². The van der Waals surface area contributed by atoms with Crippen molar-refractivity contribution < 1.29 is 15.7 Å². The second-order valence-corrected chi connectivity index (χ2v) is 24.5. The summed E-state index contributed by atoms with van der Waals surface area (Å²) in [4.78, 5) is 6.57. The Labute approximate surface area is 500 Å². The van der Waals surface area contributed by atoms with E-state index >= 15 is 0 Å². The molecule has 5 nitrogen and oxygen atoms in total. The van der Waals surface area contributed by atoms with E-state index in [1.54, 1.807) is 11.3 Å². The SMILES string of the molecule is [2H]c1c([2H])c([2H])c(-c2cc(N(c3cccc(N(c4ccc(C(C)(C)C)cc4)c4ccccc4-c4ccccc4)c3)c3ccc4oc5ccccc5c4c3)c(Cl)c(N(c3ccc4oc5ccccc5c4c3)c3csc4ccc(C(C)(C)C)cc34)c2)c([2H])c1[2H]. The summed E-state index contributed by atoms with van der Waals surface area (Å²) in [5.74, 6) is 0. The van der Waals surface area contributed by atoms with Gasteiger partial charge in [-0.1, -0.05) is 193 Å². The number of rotatable bonds is 11. The van der Waals surface area contributed by atoms with Crippen LogP contribution in [0.15, 0.2) is 263 Å². The van der Waals surface area contributed by atoms with E-state index in [4.69, 9.17) is 24.5 Å². The van der Waals surface area contributed by atoms with Crippen LogP contribution in [0.25, 0.3) is 76.2 Å². The van der Waals surface area contributed by atoms with Gasteiger partial charge in [0.25, 0.3) is 0 Å². The Balaban J connectivity index is 1.09. The van der Waals surface area contributed by atoms with Crippen molar-refractivity contribution in [1.29, 1.82) is 0 Å². The van der Waals surface area contributed by atoms with Crippen LogP contribution in [0.1, 0.15) is 59.5 Å². The molecule has 0 aliphatic rings. The first kappa shape index (κ1) is 46.3. The average molecular weight is 1120 g/mol. The van der Waals surface area contributed by atoms with Crippen LogP contribution in [-0.2, 0) is 10.8 Å². The summed E-state index contributed by atoms with van der Waals surface area (Å²) in [6, 6.07) is 72.6. The zero-order chi connectivity index (χ0) is 60.9. The summed E-state index contributed by atoms with van der Waals surface area (Å²) in [5.41, 5.74) is 14.3. The smallest absolute Gasteiger partial charge is 0.135 e. The Morgan fingerprint density at radius 2 is 0.892 bits per heavy atom. The van der Waals surface area contributed by atoms with Gasteiger partial charge >= 0.3 is 0 Å². The van der Waals surface area contributed by atoms with Crippen LogP contribution in [0.2, 0.25) is 5.02 Å². The van der Waals surface area contributed by atoms with Gasteiger partial charge in [0.05, 0.1) is 34.6 Å². The maximum atomic E-state index is 9.61. The van der Waals surface area contributed by atoms with Gasteiger partial charge in [0, 0.05) is 71.0 Å². The molecule has 0 N–H and O–H groups in total. The quantitative estimate of drug-likeness (QED) is 0.129. The predicted octanol–water partition coefficient (Wildman–Crippen LogP) is 23.7. The first-order chi connectivity index (χ1) is 42.4. The van der Waals surface area contributed by atoms with E-state index in [2.05, 4.69) is 201 Å². The molecule has 0 amide bonds. The van der Waals surface area contributed by atoms with E-state index in [0.29, 0.717) is 33.1 Å². The Kier molecular flexibility index (Phi) is 11.5. The van der Waals surface area contributed by atoms with Gasteiger partial charge in [0.15, 0.2) is 0 Å². The average Bonchev–Trinajstić information content (AvgIpc) is 1.28. The molecule has 404 valence electrons. The molecule has 3 aromatic heterocycles. The molecular formula is C76H60ClN3O2S. The molecule has 0 radical (unpaired) electrons. The van der Waals surface area contributed by atoms with Crippen LogP contribution in [0.4, 0.5) is 51.2 Å². The Morgan fingerprint density at radius 1 is 0.373 bits per heavy atom. The largest absolute Gasteiger partial charge is 0.456 e. The predicted molar refractivity (Wildman–Crippen MR) is 354 cm³/mol. The van der Waals surface area contributed by atoms with Gasteiger partial charge in [-0.25, -0.2) is 0 Å². The van der Waals surface area contributed by atoms with Gasteiger partial charge in [-0.2, -0.15) is 0 Å². The van der Waals surface area contributed by atoms with E-state index in [-0.39, 0.29) is 28.5 Å². The Bertz CT molecular complexity index is 5030. The van der Waals surface area contributed by atoms with E-state index in [9.17, 15) is 2.74 Å². The monoisotopic (exact) mass is 1120 g/mol. The van der Waals surface area contributed by atoms with Crippen molar-refractivity contribution in [3.8, 4) is 22.3 Å². The molecule has 0 aliphatic heterocycles. The third-order valence-corrected chi connectivity index (χ3v) is 17.1. The van der Waals surface area contributed by atoms with Crippen LogP contribution in [0, 0.1) is 0 Å². The lowest BCUT2D eigenvalue weighted by Crippen LogP contribution is -2.16. The minimum atomic E-state index is -0.486. The lowest BCUT2D eigenvalue weighted by atomic mass is 9.86. The molecule has 83 heavy (non-hydrogen) atoms. The highest BCUT2D eigenvalue weighted by atomic mass is 35.5. The minimum absolute atomic E-state index is 0.0268. The molecule has 3 heterocycles. The number of fused-ring (bicyclic) bond motifs is 7. The van der Waals surface area contributed by atoms with E-state index in [1.807, 2.05) is 78.9 Å². The zero-order valence-corrected chi connectivity index (χ0v) is 48.4. The van der Waals surface area contributed by atoms with Crippen molar-refractivity contribution in [2.24, 2.45) is 0 Å². The molecule has 0 aliphatic carbocycles. The highest BCUT2D eigenvalue weighted by molar-refractivity contribution is 7.17. The van der Waals surface area contributed by atoms with Crippen molar-refractivity contribution in [3.05, 3.63) is 270 Å². The normalized spacial score (nSPS) is 12.9. The highest BCUT2D eigenvalue weighted by Gasteiger charge is 2.29.